The summed E-state index contributed by atoms with van der Waals surface area (Å²) in [4.78, 5) is 9.06. The Bertz CT molecular complexity index is 1410. The van der Waals surface area contributed by atoms with Crippen LogP contribution in [-0.2, 0) is 12.3 Å². The van der Waals surface area contributed by atoms with Crippen molar-refractivity contribution in [2.75, 3.05) is 5.73 Å². The third-order valence-corrected chi connectivity index (χ3v) is 6.92. The van der Waals surface area contributed by atoms with E-state index in [-0.39, 0.29) is 16.9 Å². The van der Waals surface area contributed by atoms with Gasteiger partial charge in [0.05, 0.1) is 29.6 Å². The number of thioether (sulfide) groups is 1. The fourth-order valence-corrected chi connectivity index (χ4v) is 5.19. The van der Waals surface area contributed by atoms with Crippen LogP contribution in [0.2, 0.25) is 0 Å². The van der Waals surface area contributed by atoms with E-state index in [4.69, 9.17) is 10.7 Å². The van der Waals surface area contributed by atoms with Gasteiger partial charge in [-0.2, -0.15) is 15.6 Å². The molecule has 1 unspecified atom stereocenters. The number of nitrogens with zero attached hydrogens (tertiary/aromatic N) is 6. The predicted octanol–water partition coefficient (Wildman–Crippen LogP) is 4.38. The molecule has 0 fully saturated rings. The Morgan fingerprint density at radius 3 is 2.56 bits per heavy atom. The molecule has 0 aliphatic heterocycles. The normalized spacial score (nSPS) is 11.7. The maximum absolute atomic E-state index is 9.95. The van der Waals surface area contributed by atoms with Crippen molar-refractivity contribution in [2.45, 2.75) is 37.3 Å². The number of nitrogen functional groups attached to an aromatic ring is 1. The minimum Gasteiger partial charge on any atom is -0.391 e. The zero-order valence-corrected chi connectivity index (χ0v) is 20.2. The average Bonchev–Trinajstić information content (AvgIpc) is 3.47. The summed E-state index contributed by atoms with van der Waals surface area (Å²) in [5.74, 6) is 0.536. The zero-order valence-electron chi connectivity index (χ0n) is 18.6. The molecular weight excluding hydrogens is 466 g/mol. The standard InChI is InChI=1S/C24H21N7OS2/c1-14-3-5-16(6-4-14)23-28-17(12-33-23)13-34-24-19(10-26)21(18(9-25)22(27)29-24)20-7-8-31(30-20)11-15(2)32/h3-8,12,15,32H,11,13H2,1-2H3,(H2,27,29). The topological polar surface area (TPSA) is 137 Å². The summed E-state index contributed by atoms with van der Waals surface area (Å²) in [6, 6.07) is 14.1. The number of benzene rings is 1. The lowest BCUT2D eigenvalue weighted by molar-refractivity contribution is 0.168. The highest BCUT2D eigenvalue weighted by Gasteiger charge is 2.22. The number of hydrogen-bond acceptors (Lipinski definition) is 9. The van der Waals surface area contributed by atoms with E-state index >= 15 is 0 Å². The van der Waals surface area contributed by atoms with Crippen LogP contribution in [0.25, 0.3) is 21.8 Å². The molecule has 0 aliphatic rings. The van der Waals surface area contributed by atoms with Crippen LogP contribution in [0.1, 0.15) is 29.3 Å². The first-order valence-electron chi connectivity index (χ1n) is 10.4. The Morgan fingerprint density at radius 2 is 1.88 bits per heavy atom. The summed E-state index contributed by atoms with van der Waals surface area (Å²) in [6.45, 7) is 3.99. The van der Waals surface area contributed by atoms with Gasteiger partial charge in [-0.3, -0.25) is 4.68 Å². The molecule has 8 nitrogen and oxygen atoms in total. The molecule has 0 saturated heterocycles. The summed E-state index contributed by atoms with van der Waals surface area (Å²) in [5.41, 5.74) is 10.3. The number of thiazole rings is 1. The number of aliphatic hydroxyl groups excluding tert-OH is 1. The molecule has 4 aromatic rings. The van der Waals surface area contributed by atoms with Crippen molar-refractivity contribution in [1.82, 2.24) is 19.7 Å². The first-order chi connectivity index (χ1) is 16.4. The van der Waals surface area contributed by atoms with Crippen molar-refractivity contribution in [1.29, 1.82) is 10.5 Å². The first kappa shape index (κ1) is 23.5. The average molecular weight is 488 g/mol. The molecule has 3 heterocycles. The van der Waals surface area contributed by atoms with Gasteiger partial charge in [0.1, 0.15) is 33.6 Å². The lowest BCUT2D eigenvalue weighted by atomic mass is 10.0. The van der Waals surface area contributed by atoms with Crippen molar-refractivity contribution < 1.29 is 5.11 Å². The van der Waals surface area contributed by atoms with Gasteiger partial charge in [-0.05, 0) is 19.9 Å². The lowest BCUT2D eigenvalue weighted by Crippen LogP contribution is -2.12. The predicted molar refractivity (Wildman–Crippen MR) is 133 cm³/mol. The van der Waals surface area contributed by atoms with E-state index in [1.807, 2.05) is 24.4 Å². The van der Waals surface area contributed by atoms with Gasteiger partial charge in [0, 0.05) is 28.5 Å². The summed E-state index contributed by atoms with van der Waals surface area (Å²) in [6.07, 6.45) is 1.10. The maximum Gasteiger partial charge on any atom is 0.143 e. The van der Waals surface area contributed by atoms with Crippen LogP contribution >= 0.6 is 23.1 Å². The van der Waals surface area contributed by atoms with Crippen molar-refractivity contribution in [3.8, 4) is 34.0 Å². The number of pyridine rings is 1. The SMILES string of the molecule is Cc1ccc(-c2nc(CSc3nc(N)c(C#N)c(-c4ccn(CC(C)O)n4)c3C#N)cs2)cc1. The maximum atomic E-state index is 9.95. The third-order valence-electron chi connectivity index (χ3n) is 4.97. The molecule has 0 amide bonds. The monoisotopic (exact) mass is 487 g/mol. The summed E-state index contributed by atoms with van der Waals surface area (Å²) >= 11 is 2.90. The molecule has 4 rings (SSSR count). The summed E-state index contributed by atoms with van der Waals surface area (Å²) in [5, 5.41) is 37.0. The number of aryl methyl sites for hydroxylation is 1. The van der Waals surface area contributed by atoms with Gasteiger partial charge < -0.3 is 10.8 Å². The Kier molecular flexibility index (Phi) is 6.94. The van der Waals surface area contributed by atoms with Crippen LogP contribution in [0.3, 0.4) is 0 Å². The fraction of sp³-hybridized carbons (Fsp3) is 0.208. The van der Waals surface area contributed by atoms with Crippen LogP contribution in [0.4, 0.5) is 5.82 Å². The van der Waals surface area contributed by atoms with E-state index < -0.39 is 6.10 Å². The second-order valence-electron chi connectivity index (χ2n) is 7.72. The third kappa shape index (κ3) is 4.95. The second-order valence-corrected chi connectivity index (χ2v) is 9.54. The molecular formula is C24H21N7OS2. The molecule has 0 aliphatic carbocycles. The van der Waals surface area contributed by atoms with E-state index in [0.717, 1.165) is 16.3 Å². The van der Waals surface area contributed by atoms with Gasteiger partial charge in [0.25, 0.3) is 0 Å². The highest BCUT2D eigenvalue weighted by Crippen LogP contribution is 2.36. The molecule has 34 heavy (non-hydrogen) atoms. The molecule has 0 saturated carbocycles. The zero-order chi connectivity index (χ0) is 24.2. The largest absolute Gasteiger partial charge is 0.391 e. The smallest absolute Gasteiger partial charge is 0.143 e. The molecule has 170 valence electrons. The first-order valence-corrected chi connectivity index (χ1v) is 12.3. The van der Waals surface area contributed by atoms with Gasteiger partial charge in [-0.1, -0.05) is 41.6 Å². The Morgan fingerprint density at radius 1 is 1.15 bits per heavy atom. The minimum atomic E-state index is -0.588. The van der Waals surface area contributed by atoms with Crippen LogP contribution in [0.15, 0.2) is 46.9 Å². The number of aromatic nitrogens is 4. The van der Waals surface area contributed by atoms with Gasteiger partial charge in [0.2, 0.25) is 0 Å². The molecule has 0 radical (unpaired) electrons. The number of rotatable bonds is 7. The fourth-order valence-electron chi connectivity index (χ4n) is 3.37. The number of nitrogens with two attached hydrogens (primary N) is 1. The van der Waals surface area contributed by atoms with Crippen LogP contribution < -0.4 is 5.73 Å². The van der Waals surface area contributed by atoms with Gasteiger partial charge in [0.15, 0.2) is 0 Å². The van der Waals surface area contributed by atoms with Crippen molar-refractivity contribution in [3.05, 3.63) is 64.3 Å². The summed E-state index contributed by atoms with van der Waals surface area (Å²) < 4.78 is 1.56. The second kappa shape index (κ2) is 10.1. The highest BCUT2D eigenvalue weighted by molar-refractivity contribution is 7.98. The Labute approximate surface area is 205 Å². The lowest BCUT2D eigenvalue weighted by Gasteiger charge is -2.11. The van der Waals surface area contributed by atoms with Crippen molar-refractivity contribution in [3.63, 3.8) is 0 Å². The number of aliphatic hydroxyl groups is 1. The Balaban J connectivity index is 1.64. The molecule has 1 atom stereocenters. The van der Waals surface area contributed by atoms with Crippen molar-refractivity contribution >= 4 is 28.9 Å². The molecule has 10 heteroatoms. The molecule has 0 spiro atoms. The van der Waals surface area contributed by atoms with E-state index in [9.17, 15) is 15.6 Å². The number of hydrogen-bond donors (Lipinski definition) is 2. The van der Waals surface area contributed by atoms with E-state index in [0.29, 0.717) is 28.6 Å². The van der Waals surface area contributed by atoms with Gasteiger partial charge >= 0.3 is 0 Å². The van der Waals surface area contributed by atoms with Crippen LogP contribution in [0, 0.1) is 29.6 Å². The van der Waals surface area contributed by atoms with E-state index in [1.165, 1.54) is 17.3 Å². The van der Waals surface area contributed by atoms with Gasteiger partial charge in [-0.25, -0.2) is 9.97 Å². The number of anilines is 1. The molecule has 1 aromatic carbocycles. The van der Waals surface area contributed by atoms with Crippen LogP contribution in [-0.4, -0.2) is 31.0 Å². The molecule has 3 aromatic heterocycles. The van der Waals surface area contributed by atoms with Crippen molar-refractivity contribution in [2.24, 2.45) is 0 Å². The summed E-state index contributed by atoms with van der Waals surface area (Å²) in [7, 11) is 0. The molecule has 3 N–H and O–H groups in total. The minimum absolute atomic E-state index is 0.0442. The van der Waals surface area contributed by atoms with E-state index in [1.54, 1.807) is 35.2 Å². The van der Waals surface area contributed by atoms with Crippen LogP contribution in [0.5, 0.6) is 0 Å². The quantitative estimate of drug-likeness (QED) is 0.366. The number of nitriles is 2. The highest BCUT2D eigenvalue weighted by atomic mass is 32.2. The Hall–Kier alpha value is -3.70. The molecule has 0 bridgehead atoms. The van der Waals surface area contributed by atoms with E-state index in [2.05, 4.69) is 34.4 Å². The van der Waals surface area contributed by atoms with Gasteiger partial charge in [-0.15, -0.1) is 11.3 Å².